The Balaban J connectivity index is 2.56. The van der Waals surface area contributed by atoms with Gasteiger partial charge in [0.25, 0.3) is 5.91 Å². The molecule has 0 saturated carbocycles. The summed E-state index contributed by atoms with van der Waals surface area (Å²) in [4.78, 5) is 23.7. The number of benzene rings is 1. The summed E-state index contributed by atoms with van der Waals surface area (Å²) < 4.78 is 56.3. The fourth-order valence-electron chi connectivity index (χ4n) is 2.01. The van der Waals surface area contributed by atoms with Crippen LogP contribution >= 0.6 is 0 Å². The second-order valence-corrected chi connectivity index (χ2v) is 4.52. The summed E-state index contributed by atoms with van der Waals surface area (Å²) in [5.41, 5.74) is -2.85. The summed E-state index contributed by atoms with van der Waals surface area (Å²) in [6, 6.07) is 4.41. The maximum atomic E-state index is 13.1. The highest BCUT2D eigenvalue weighted by atomic mass is 19.4. The summed E-state index contributed by atoms with van der Waals surface area (Å²) in [5, 5.41) is 4.38. The Bertz CT molecular complexity index is 721. The minimum atomic E-state index is -5.09. The van der Waals surface area contributed by atoms with E-state index in [-0.39, 0.29) is 11.4 Å². The highest BCUT2D eigenvalue weighted by Gasteiger charge is 2.47. The maximum absolute atomic E-state index is 13.1. The van der Waals surface area contributed by atoms with Crippen LogP contribution in [0.2, 0.25) is 0 Å². The molecule has 0 radical (unpaired) electrons. The molecule has 1 aromatic rings. The number of halogens is 4. The van der Waals surface area contributed by atoms with Crippen LogP contribution in [0.1, 0.15) is 6.92 Å². The third kappa shape index (κ3) is 3.08. The normalized spacial score (nSPS) is 17.2. The van der Waals surface area contributed by atoms with Crippen molar-refractivity contribution in [2.24, 2.45) is 5.10 Å². The van der Waals surface area contributed by atoms with Gasteiger partial charge in [-0.2, -0.15) is 23.3 Å². The number of amides is 1. The lowest BCUT2D eigenvalue weighted by molar-refractivity contribution is -0.148. The van der Waals surface area contributed by atoms with Crippen molar-refractivity contribution in [2.75, 3.05) is 12.1 Å². The quantitative estimate of drug-likeness (QED) is 0.476. The molecule has 1 heterocycles. The summed E-state index contributed by atoms with van der Waals surface area (Å²) in [6.07, 6.45) is -5.09. The Morgan fingerprint density at radius 3 is 2.26 bits per heavy atom. The molecule has 23 heavy (non-hydrogen) atoms. The number of ether oxygens (including phenoxy) is 1. The number of hydrogen-bond donors (Lipinski definition) is 0. The molecule has 0 bridgehead atoms. The minimum absolute atomic E-state index is 0.0668. The Hall–Kier alpha value is -2.71. The first-order valence-electron chi connectivity index (χ1n) is 6.22. The number of rotatable bonds is 2. The Morgan fingerprint density at radius 1 is 1.22 bits per heavy atom. The van der Waals surface area contributed by atoms with Crippen molar-refractivity contribution in [3.8, 4) is 0 Å². The zero-order valence-electron chi connectivity index (χ0n) is 11.9. The van der Waals surface area contributed by atoms with E-state index in [1.165, 1.54) is 12.1 Å². The largest absolute Gasteiger partial charge is 0.465 e. The molecule has 9 heteroatoms. The van der Waals surface area contributed by atoms with Gasteiger partial charge >= 0.3 is 12.1 Å². The van der Waals surface area contributed by atoms with Crippen molar-refractivity contribution >= 4 is 23.3 Å². The first-order valence-corrected chi connectivity index (χ1v) is 6.22. The van der Waals surface area contributed by atoms with Gasteiger partial charge in [-0.15, -0.1) is 0 Å². The molecule has 0 atom stereocenters. The molecule has 0 N–H and O–H groups in total. The van der Waals surface area contributed by atoms with E-state index in [1.54, 1.807) is 0 Å². The molecule has 1 aliphatic heterocycles. The van der Waals surface area contributed by atoms with Crippen LogP contribution in [-0.2, 0) is 14.3 Å². The van der Waals surface area contributed by atoms with E-state index < -0.39 is 35.0 Å². The molecular formula is C14H10F4N2O3. The number of anilines is 1. The maximum Gasteiger partial charge on any atom is 0.424 e. The number of hydrogen-bond acceptors (Lipinski definition) is 4. The van der Waals surface area contributed by atoms with Crippen LogP contribution in [0.3, 0.4) is 0 Å². The number of alkyl halides is 3. The van der Waals surface area contributed by atoms with E-state index in [0.29, 0.717) is 5.01 Å². The van der Waals surface area contributed by atoms with Crippen LogP contribution < -0.4 is 5.01 Å². The third-order valence-electron chi connectivity index (χ3n) is 3.01. The molecule has 1 amide bonds. The van der Waals surface area contributed by atoms with Gasteiger partial charge in [0, 0.05) is 0 Å². The first kappa shape index (κ1) is 16.7. The number of nitrogens with zero attached hydrogens (tertiary/aromatic N) is 2. The van der Waals surface area contributed by atoms with Crippen LogP contribution in [0.25, 0.3) is 0 Å². The van der Waals surface area contributed by atoms with E-state index in [4.69, 9.17) is 0 Å². The molecule has 0 aliphatic carbocycles. The van der Waals surface area contributed by atoms with E-state index in [9.17, 15) is 27.2 Å². The monoisotopic (exact) mass is 330 g/mol. The summed E-state index contributed by atoms with van der Waals surface area (Å²) in [7, 11) is 0.776. The van der Waals surface area contributed by atoms with Crippen LogP contribution in [0.4, 0.5) is 23.2 Å². The van der Waals surface area contributed by atoms with Crippen molar-refractivity contribution in [2.45, 2.75) is 13.1 Å². The lowest BCUT2D eigenvalue weighted by Crippen LogP contribution is -2.29. The fraction of sp³-hybridized carbons (Fsp3) is 0.214. The molecule has 5 nitrogen and oxygen atoms in total. The van der Waals surface area contributed by atoms with Crippen molar-refractivity contribution < 1.29 is 31.9 Å². The average molecular weight is 330 g/mol. The van der Waals surface area contributed by atoms with Crippen LogP contribution in [0.5, 0.6) is 0 Å². The van der Waals surface area contributed by atoms with Gasteiger partial charge in [-0.05, 0) is 31.2 Å². The van der Waals surface area contributed by atoms with Gasteiger partial charge < -0.3 is 4.74 Å². The molecule has 2 rings (SSSR count). The molecular weight excluding hydrogens is 320 g/mol. The summed E-state index contributed by atoms with van der Waals surface area (Å²) in [5.74, 6) is -3.41. The smallest absolute Gasteiger partial charge is 0.424 e. The van der Waals surface area contributed by atoms with Gasteiger partial charge in [0.05, 0.1) is 24.1 Å². The van der Waals surface area contributed by atoms with E-state index in [2.05, 4.69) is 9.84 Å². The van der Waals surface area contributed by atoms with Gasteiger partial charge in [0.1, 0.15) is 5.82 Å². The molecule has 0 unspecified atom stereocenters. The predicted molar refractivity (Wildman–Crippen MR) is 72.1 cm³/mol. The Labute approximate surface area is 127 Å². The number of esters is 1. The van der Waals surface area contributed by atoms with Crippen molar-refractivity contribution in [3.63, 3.8) is 0 Å². The lowest BCUT2D eigenvalue weighted by Gasteiger charge is -2.14. The SMILES string of the molecule is COC(=O)/C(=C1/C(=O)N(c2ccc(F)cc2)N=C1C)C(F)(F)F. The van der Waals surface area contributed by atoms with Crippen LogP contribution in [0.15, 0.2) is 40.5 Å². The average Bonchev–Trinajstić information content (AvgIpc) is 2.75. The van der Waals surface area contributed by atoms with Gasteiger partial charge in [-0.25, -0.2) is 9.18 Å². The second-order valence-electron chi connectivity index (χ2n) is 4.52. The summed E-state index contributed by atoms with van der Waals surface area (Å²) in [6.45, 7) is 1.16. The number of carbonyl (C=O) groups is 2. The standard InChI is InChI=1S/C14H10F4N2O3/c1-7-10(11(13(22)23-2)14(16,17)18)12(21)20(19-7)9-5-3-8(15)4-6-9/h3-6H,1-2H3/b11-10-. The van der Waals surface area contributed by atoms with E-state index in [1.807, 2.05) is 0 Å². The predicted octanol–water partition coefficient (Wildman–Crippen LogP) is 2.58. The zero-order valence-corrected chi connectivity index (χ0v) is 11.9. The molecule has 122 valence electrons. The topological polar surface area (TPSA) is 59.0 Å². The fourth-order valence-corrected chi connectivity index (χ4v) is 2.01. The summed E-state index contributed by atoms with van der Waals surface area (Å²) >= 11 is 0. The number of hydrazone groups is 1. The highest BCUT2D eigenvalue weighted by Crippen LogP contribution is 2.34. The van der Waals surface area contributed by atoms with Crippen molar-refractivity contribution in [1.29, 1.82) is 0 Å². The molecule has 0 saturated heterocycles. The third-order valence-corrected chi connectivity index (χ3v) is 3.01. The van der Waals surface area contributed by atoms with Crippen molar-refractivity contribution in [1.82, 2.24) is 0 Å². The van der Waals surface area contributed by atoms with Crippen LogP contribution in [0, 0.1) is 5.82 Å². The molecule has 0 aromatic heterocycles. The number of carbonyl (C=O) groups excluding carboxylic acids is 2. The first-order chi connectivity index (χ1) is 10.7. The lowest BCUT2D eigenvalue weighted by atomic mass is 10.0. The van der Waals surface area contributed by atoms with E-state index >= 15 is 0 Å². The van der Waals surface area contributed by atoms with Gasteiger partial charge in [-0.1, -0.05) is 0 Å². The molecule has 1 aliphatic rings. The molecule has 0 spiro atoms. The van der Waals surface area contributed by atoms with Gasteiger partial charge in [0.15, 0.2) is 5.57 Å². The number of methoxy groups -OCH3 is 1. The highest BCUT2D eigenvalue weighted by molar-refractivity contribution is 6.32. The Morgan fingerprint density at radius 2 is 1.78 bits per heavy atom. The molecule has 1 aromatic carbocycles. The van der Waals surface area contributed by atoms with Crippen molar-refractivity contribution in [3.05, 3.63) is 41.2 Å². The minimum Gasteiger partial charge on any atom is -0.465 e. The Kier molecular flexibility index (Phi) is 4.22. The van der Waals surface area contributed by atoms with Gasteiger partial charge in [0.2, 0.25) is 0 Å². The second kappa shape index (κ2) is 5.82. The van der Waals surface area contributed by atoms with Gasteiger partial charge in [-0.3, -0.25) is 4.79 Å². The van der Waals surface area contributed by atoms with E-state index in [0.717, 1.165) is 26.2 Å². The van der Waals surface area contributed by atoms with Crippen LogP contribution in [-0.4, -0.2) is 30.9 Å². The molecule has 0 fully saturated rings. The zero-order chi connectivity index (χ0) is 17.4.